The number of hydrogen-bond donors (Lipinski definition) is 3. The lowest BCUT2D eigenvalue weighted by Gasteiger charge is -2.46. The van der Waals surface area contributed by atoms with Crippen molar-refractivity contribution in [3.05, 3.63) is 56.7 Å². The highest BCUT2D eigenvalue weighted by Gasteiger charge is 2.65. The first-order valence-corrected chi connectivity index (χ1v) is 9.42. The van der Waals surface area contributed by atoms with Crippen molar-refractivity contribution in [2.45, 2.75) is 17.9 Å². The van der Waals surface area contributed by atoms with Crippen LogP contribution in [0.15, 0.2) is 46.3 Å². The van der Waals surface area contributed by atoms with Gasteiger partial charge in [0.15, 0.2) is 10.9 Å². The highest BCUT2D eigenvalue weighted by molar-refractivity contribution is 9.10. The average molecular weight is 465 g/mol. The van der Waals surface area contributed by atoms with Crippen molar-refractivity contribution in [2.75, 3.05) is 0 Å². The molecule has 4 nitrogen and oxygen atoms in total. The largest absolute Gasteiger partial charge is 0.437 e. The van der Waals surface area contributed by atoms with Crippen LogP contribution in [0.2, 0.25) is 0 Å². The van der Waals surface area contributed by atoms with Crippen molar-refractivity contribution < 1.29 is 23.1 Å². The molecule has 0 unspecified atom stereocenters. The number of rotatable bonds is 3. The SMILES string of the molecule is O=C(c1cccs1)[C@@H]1[C@H](c2ccc(Br)cc2)NC(=S)N[C@]1(O)C(F)(F)F. The summed E-state index contributed by atoms with van der Waals surface area (Å²) < 4.78 is 42.0. The summed E-state index contributed by atoms with van der Waals surface area (Å²) in [5, 5.41) is 16.3. The second-order valence-electron chi connectivity index (χ2n) is 5.71. The molecule has 0 radical (unpaired) electrons. The van der Waals surface area contributed by atoms with Crippen LogP contribution in [0, 0.1) is 5.92 Å². The molecule has 3 atom stereocenters. The number of nitrogens with one attached hydrogen (secondary N) is 2. The fraction of sp³-hybridized carbons (Fsp3) is 0.250. The van der Waals surface area contributed by atoms with Gasteiger partial charge in [-0.05, 0) is 41.4 Å². The Morgan fingerprint density at radius 1 is 1.27 bits per heavy atom. The molecule has 1 aromatic heterocycles. The summed E-state index contributed by atoms with van der Waals surface area (Å²) in [5.41, 5.74) is -3.09. The van der Waals surface area contributed by atoms with Crippen molar-refractivity contribution in [1.29, 1.82) is 0 Å². The van der Waals surface area contributed by atoms with Gasteiger partial charge in [0.1, 0.15) is 5.92 Å². The number of ketones is 1. The number of halogens is 4. The van der Waals surface area contributed by atoms with Crippen LogP contribution in [-0.2, 0) is 0 Å². The smallest absolute Gasteiger partial charge is 0.363 e. The maximum atomic E-state index is 13.7. The number of Topliss-reactive ketones (excluding diaryl/α,β-unsaturated/α-hetero) is 1. The Balaban J connectivity index is 2.14. The Kier molecular flexibility index (Phi) is 5.13. The molecule has 3 rings (SSSR count). The van der Waals surface area contributed by atoms with Gasteiger partial charge in [-0.1, -0.05) is 34.1 Å². The van der Waals surface area contributed by atoms with E-state index in [1.165, 1.54) is 6.07 Å². The lowest BCUT2D eigenvalue weighted by molar-refractivity contribution is -0.285. The fourth-order valence-electron chi connectivity index (χ4n) is 2.86. The molecule has 3 N–H and O–H groups in total. The summed E-state index contributed by atoms with van der Waals surface area (Å²) in [6.07, 6.45) is -5.12. The van der Waals surface area contributed by atoms with Crippen molar-refractivity contribution in [3.63, 3.8) is 0 Å². The van der Waals surface area contributed by atoms with Gasteiger partial charge >= 0.3 is 6.18 Å². The van der Waals surface area contributed by atoms with E-state index >= 15 is 0 Å². The number of aliphatic hydroxyl groups is 1. The zero-order valence-corrected chi connectivity index (χ0v) is 16.1. The van der Waals surface area contributed by atoms with Crippen LogP contribution in [0.5, 0.6) is 0 Å². The number of alkyl halides is 3. The first-order valence-electron chi connectivity index (χ1n) is 7.34. The predicted molar refractivity (Wildman–Crippen MR) is 98.9 cm³/mol. The Labute approximate surface area is 164 Å². The molecule has 0 aliphatic carbocycles. The molecule has 0 spiro atoms. The monoisotopic (exact) mass is 464 g/mol. The van der Waals surface area contributed by atoms with E-state index in [-0.39, 0.29) is 9.99 Å². The van der Waals surface area contributed by atoms with Gasteiger partial charge in [0.25, 0.3) is 0 Å². The maximum absolute atomic E-state index is 13.7. The molecule has 2 heterocycles. The molecule has 2 aromatic rings. The summed E-state index contributed by atoms with van der Waals surface area (Å²) in [6.45, 7) is 0. The molecular weight excluding hydrogens is 453 g/mol. The minimum absolute atomic E-state index is 0.121. The molecule has 0 amide bonds. The van der Waals surface area contributed by atoms with E-state index in [1.807, 2.05) is 5.32 Å². The summed E-state index contributed by atoms with van der Waals surface area (Å²) in [7, 11) is 0. The normalized spacial score (nSPS) is 26.1. The molecule has 1 aliphatic heterocycles. The average Bonchev–Trinajstić information content (AvgIpc) is 3.08. The van der Waals surface area contributed by atoms with E-state index in [0.717, 1.165) is 15.8 Å². The summed E-state index contributed by atoms with van der Waals surface area (Å²) in [4.78, 5) is 13.0. The Hall–Kier alpha value is -1.49. The third kappa shape index (κ3) is 3.38. The van der Waals surface area contributed by atoms with Crippen LogP contribution < -0.4 is 10.6 Å². The highest BCUT2D eigenvalue weighted by Crippen LogP contribution is 2.44. The topological polar surface area (TPSA) is 61.4 Å². The van der Waals surface area contributed by atoms with Crippen LogP contribution in [0.1, 0.15) is 21.3 Å². The Morgan fingerprint density at radius 2 is 1.92 bits per heavy atom. The predicted octanol–water partition coefficient (Wildman–Crippen LogP) is 3.78. The number of carbonyl (C=O) groups excluding carboxylic acids is 1. The molecule has 10 heteroatoms. The third-order valence-electron chi connectivity index (χ3n) is 4.08. The minimum atomic E-state index is -5.12. The van der Waals surface area contributed by atoms with Gasteiger partial charge in [0.05, 0.1) is 10.9 Å². The van der Waals surface area contributed by atoms with Gasteiger partial charge in [-0.2, -0.15) is 13.2 Å². The van der Waals surface area contributed by atoms with Crippen LogP contribution in [0.25, 0.3) is 0 Å². The van der Waals surface area contributed by atoms with Crippen LogP contribution in [0.4, 0.5) is 13.2 Å². The van der Waals surface area contributed by atoms with E-state index in [4.69, 9.17) is 12.2 Å². The van der Waals surface area contributed by atoms with Crippen LogP contribution in [0.3, 0.4) is 0 Å². The lowest BCUT2D eigenvalue weighted by Crippen LogP contribution is -2.72. The Morgan fingerprint density at radius 3 is 2.46 bits per heavy atom. The Bertz CT molecular complexity index is 827. The van der Waals surface area contributed by atoms with E-state index in [1.54, 1.807) is 35.7 Å². The minimum Gasteiger partial charge on any atom is -0.363 e. The number of thiophene rings is 1. The van der Waals surface area contributed by atoms with Gasteiger partial charge in [-0.15, -0.1) is 11.3 Å². The quantitative estimate of drug-likeness (QED) is 0.476. The zero-order chi connectivity index (χ0) is 19.1. The molecule has 1 fully saturated rings. The molecule has 26 heavy (non-hydrogen) atoms. The van der Waals surface area contributed by atoms with Crippen LogP contribution in [-0.4, -0.2) is 27.9 Å². The van der Waals surface area contributed by atoms with Gasteiger partial charge in [-0.25, -0.2) is 0 Å². The first kappa shape index (κ1) is 19.3. The second kappa shape index (κ2) is 6.91. The molecule has 0 bridgehead atoms. The first-order chi connectivity index (χ1) is 12.1. The number of hydrogen-bond acceptors (Lipinski definition) is 4. The molecule has 1 aromatic carbocycles. The van der Waals surface area contributed by atoms with E-state index < -0.39 is 29.6 Å². The van der Waals surface area contributed by atoms with Crippen molar-refractivity contribution in [2.24, 2.45) is 5.92 Å². The number of benzene rings is 1. The molecule has 1 aliphatic rings. The van der Waals surface area contributed by atoms with E-state index in [9.17, 15) is 23.1 Å². The second-order valence-corrected chi connectivity index (χ2v) is 7.98. The summed E-state index contributed by atoms with van der Waals surface area (Å²) in [5.74, 6) is -2.69. The van der Waals surface area contributed by atoms with Gasteiger partial charge in [-0.3, -0.25) is 4.79 Å². The molecule has 0 saturated carbocycles. The van der Waals surface area contributed by atoms with Gasteiger partial charge in [0, 0.05) is 4.47 Å². The van der Waals surface area contributed by atoms with Crippen LogP contribution >= 0.6 is 39.5 Å². The highest BCUT2D eigenvalue weighted by atomic mass is 79.9. The number of carbonyl (C=O) groups is 1. The summed E-state index contributed by atoms with van der Waals surface area (Å²) in [6, 6.07) is 8.26. The summed E-state index contributed by atoms with van der Waals surface area (Å²) >= 11 is 9.14. The standard InChI is InChI=1S/C16H12BrF3N2O2S2/c17-9-5-3-8(4-6-9)12-11(13(23)10-2-1-7-26-10)15(24,16(18,19)20)22-14(25)21-12/h1-7,11-12,24H,(H2,21,22,25)/t11-,12-,15+/m0/s1. The molecular formula is C16H12BrF3N2O2S2. The van der Waals surface area contributed by atoms with E-state index in [2.05, 4.69) is 21.2 Å². The maximum Gasteiger partial charge on any atom is 0.437 e. The fourth-order valence-corrected chi connectivity index (χ4v) is 4.11. The van der Waals surface area contributed by atoms with Crippen molar-refractivity contribution >= 4 is 50.4 Å². The van der Waals surface area contributed by atoms with Gasteiger partial charge in [0.2, 0.25) is 5.72 Å². The van der Waals surface area contributed by atoms with Crippen molar-refractivity contribution in [3.8, 4) is 0 Å². The van der Waals surface area contributed by atoms with Gasteiger partial charge < -0.3 is 15.7 Å². The number of thiocarbonyl (C=S) groups is 1. The molecule has 1 saturated heterocycles. The lowest BCUT2D eigenvalue weighted by atomic mass is 9.79. The van der Waals surface area contributed by atoms with Crippen molar-refractivity contribution in [1.82, 2.24) is 10.6 Å². The third-order valence-corrected chi connectivity index (χ3v) is 5.71. The molecule has 138 valence electrons. The van der Waals surface area contributed by atoms with E-state index in [0.29, 0.717) is 5.56 Å². The zero-order valence-electron chi connectivity index (χ0n) is 12.9.